The maximum atomic E-state index is 4.21. The van der Waals surface area contributed by atoms with E-state index in [0.29, 0.717) is 6.04 Å². The smallest absolute Gasteiger partial charge is 0.0553 e. The van der Waals surface area contributed by atoms with Crippen LogP contribution in [0.5, 0.6) is 0 Å². The number of nitrogens with one attached hydrogen (secondary N) is 1. The number of nitrogens with zero attached hydrogens (tertiary/aromatic N) is 2. The molecule has 1 saturated carbocycles. The molecule has 2 aliphatic rings. The third-order valence-electron chi connectivity index (χ3n) is 3.82. The molecule has 3 rings (SSSR count). The lowest BCUT2D eigenvalue weighted by atomic mass is 10.1. The van der Waals surface area contributed by atoms with Crippen LogP contribution in [0.2, 0.25) is 0 Å². The van der Waals surface area contributed by atoms with Crippen molar-refractivity contribution in [2.24, 2.45) is 5.92 Å². The highest BCUT2D eigenvalue weighted by Crippen LogP contribution is 2.28. The fourth-order valence-electron chi connectivity index (χ4n) is 2.57. The van der Waals surface area contributed by atoms with Gasteiger partial charge in [-0.25, -0.2) is 0 Å². The molecule has 1 atom stereocenters. The zero-order chi connectivity index (χ0) is 11.5. The molecule has 2 heterocycles. The van der Waals surface area contributed by atoms with Gasteiger partial charge in [-0.3, -0.25) is 4.98 Å². The highest BCUT2D eigenvalue weighted by molar-refractivity contribution is 5.44. The molecular weight excluding hydrogens is 210 g/mol. The van der Waals surface area contributed by atoms with Gasteiger partial charge in [-0.15, -0.1) is 0 Å². The Kier molecular flexibility index (Phi) is 3.27. The normalized spacial score (nSPS) is 24.9. The van der Waals surface area contributed by atoms with Crippen molar-refractivity contribution in [2.75, 3.05) is 24.5 Å². The number of hydrogen-bond acceptors (Lipinski definition) is 3. The monoisotopic (exact) mass is 231 g/mol. The number of piperidine rings is 1. The van der Waals surface area contributed by atoms with E-state index >= 15 is 0 Å². The van der Waals surface area contributed by atoms with E-state index in [-0.39, 0.29) is 0 Å². The Labute approximate surface area is 103 Å². The molecule has 0 aromatic carbocycles. The summed E-state index contributed by atoms with van der Waals surface area (Å²) >= 11 is 0. The first kappa shape index (κ1) is 11.0. The van der Waals surface area contributed by atoms with Gasteiger partial charge in [0.15, 0.2) is 0 Å². The summed E-state index contributed by atoms with van der Waals surface area (Å²) in [5.41, 5.74) is 1.27. The van der Waals surface area contributed by atoms with Crippen LogP contribution in [0.1, 0.15) is 25.7 Å². The first-order chi connectivity index (χ1) is 8.42. The fourth-order valence-corrected chi connectivity index (χ4v) is 2.57. The molecule has 0 spiro atoms. The van der Waals surface area contributed by atoms with Gasteiger partial charge in [-0.2, -0.15) is 0 Å². The van der Waals surface area contributed by atoms with Crippen molar-refractivity contribution in [1.29, 1.82) is 0 Å². The third-order valence-corrected chi connectivity index (χ3v) is 3.82. The lowest BCUT2D eigenvalue weighted by molar-refractivity contribution is 0.416. The lowest BCUT2D eigenvalue weighted by Gasteiger charge is -2.34. The van der Waals surface area contributed by atoms with Crippen molar-refractivity contribution in [3.63, 3.8) is 0 Å². The minimum Gasteiger partial charge on any atom is -0.369 e. The lowest BCUT2D eigenvalue weighted by Crippen LogP contribution is -2.46. The van der Waals surface area contributed by atoms with Gasteiger partial charge in [0.2, 0.25) is 0 Å². The topological polar surface area (TPSA) is 28.2 Å². The molecule has 1 saturated heterocycles. The van der Waals surface area contributed by atoms with Crippen molar-refractivity contribution in [1.82, 2.24) is 10.3 Å². The van der Waals surface area contributed by atoms with E-state index in [2.05, 4.69) is 21.3 Å². The second-order valence-corrected chi connectivity index (χ2v) is 5.35. The maximum Gasteiger partial charge on any atom is 0.0553 e. The summed E-state index contributed by atoms with van der Waals surface area (Å²) in [7, 11) is 0. The van der Waals surface area contributed by atoms with Crippen LogP contribution < -0.4 is 10.2 Å². The Morgan fingerprint density at radius 2 is 2.29 bits per heavy atom. The second-order valence-electron chi connectivity index (χ2n) is 5.35. The molecule has 3 heteroatoms. The van der Waals surface area contributed by atoms with Gasteiger partial charge in [-0.1, -0.05) is 0 Å². The highest BCUT2D eigenvalue weighted by atomic mass is 15.2. The van der Waals surface area contributed by atoms with E-state index < -0.39 is 0 Å². The van der Waals surface area contributed by atoms with E-state index in [4.69, 9.17) is 0 Å². The fraction of sp³-hybridized carbons (Fsp3) is 0.643. The summed E-state index contributed by atoms with van der Waals surface area (Å²) in [6.45, 7) is 3.54. The molecule has 1 aliphatic heterocycles. The Bertz CT molecular complexity index is 348. The van der Waals surface area contributed by atoms with Crippen molar-refractivity contribution in [3.8, 4) is 0 Å². The molecule has 1 unspecified atom stereocenters. The van der Waals surface area contributed by atoms with E-state index in [0.717, 1.165) is 12.5 Å². The Hall–Kier alpha value is -1.09. The molecule has 2 fully saturated rings. The maximum absolute atomic E-state index is 4.21. The number of pyridine rings is 1. The number of rotatable bonds is 4. The van der Waals surface area contributed by atoms with Crippen molar-refractivity contribution >= 4 is 5.69 Å². The largest absolute Gasteiger partial charge is 0.369 e. The van der Waals surface area contributed by atoms with Crippen LogP contribution in [0, 0.1) is 5.92 Å². The zero-order valence-electron chi connectivity index (χ0n) is 10.3. The van der Waals surface area contributed by atoms with Crippen molar-refractivity contribution < 1.29 is 0 Å². The minimum absolute atomic E-state index is 0.671. The molecule has 3 nitrogen and oxygen atoms in total. The van der Waals surface area contributed by atoms with Crippen molar-refractivity contribution in [2.45, 2.75) is 31.7 Å². The average molecular weight is 231 g/mol. The number of aromatic nitrogens is 1. The van der Waals surface area contributed by atoms with Gasteiger partial charge in [0.25, 0.3) is 0 Å². The Morgan fingerprint density at radius 1 is 1.35 bits per heavy atom. The van der Waals surface area contributed by atoms with E-state index in [1.165, 1.54) is 44.5 Å². The first-order valence-corrected chi connectivity index (χ1v) is 6.80. The standard InChI is InChI=1S/C14H21N3/c1-4-14(10-15-7-1)17-8-2-3-13(11-17)16-9-12-5-6-12/h1,4,7,10,12-13,16H,2-3,5-6,8-9,11H2. The van der Waals surface area contributed by atoms with Gasteiger partial charge in [0, 0.05) is 25.3 Å². The van der Waals surface area contributed by atoms with Crippen LogP contribution in [0.4, 0.5) is 5.69 Å². The van der Waals surface area contributed by atoms with E-state index in [1.54, 1.807) is 0 Å². The number of anilines is 1. The van der Waals surface area contributed by atoms with Crippen LogP contribution >= 0.6 is 0 Å². The average Bonchev–Trinajstić information content (AvgIpc) is 3.22. The van der Waals surface area contributed by atoms with Crippen LogP contribution in [0.25, 0.3) is 0 Å². The predicted molar refractivity (Wildman–Crippen MR) is 70.2 cm³/mol. The minimum atomic E-state index is 0.671. The van der Waals surface area contributed by atoms with Gasteiger partial charge in [-0.05, 0) is 50.3 Å². The summed E-state index contributed by atoms with van der Waals surface area (Å²) in [6, 6.07) is 4.86. The second kappa shape index (κ2) is 5.05. The summed E-state index contributed by atoms with van der Waals surface area (Å²) in [6.07, 6.45) is 9.30. The molecule has 0 bridgehead atoms. The van der Waals surface area contributed by atoms with E-state index in [1.807, 2.05) is 18.5 Å². The molecule has 1 N–H and O–H groups in total. The summed E-state index contributed by atoms with van der Waals surface area (Å²) in [4.78, 5) is 6.67. The molecular formula is C14H21N3. The van der Waals surface area contributed by atoms with Gasteiger partial charge in [0.05, 0.1) is 11.9 Å². The Balaban J connectivity index is 1.55. The zero-order valence-corrected chi connectivity index (χ0v) is 10.3. The van der Waals surface area contributed by atoms with E-state index in [9.17, 15) is 0 Å². The third kappa shape index (κ3) is 2.97. The number of hydrogen-bond donors (Lipinski definition) is 1. The molecule has 17 heavy (non-hydrogen) atoms. The summed E-state index contributed by atoms with van der Waals surface area (Å²) < 4.78 is 0. The Morgan fingerprint density at radius 3 is 3.06 bits per heavy atom. The van der Waals surface area contributed by atoms with Gasteiger partial charge < -0.3 is 10.2 Å². The van der Waals surface area contributed by atoms with Gasteiger partial charge >= 0.3 is 0 Å². The van der Waals surface area contributed by atoms with Crippen LogP contribution in [0.15, 0.2) is 24.5 Å². The quantitative estimate of drug-likeness (QED) is 0.859. The van der Waals surface area contributed by atoms with Crippen molar-refractivity contribution in [3.05, 3.63) is 24.5 Å². The predicted octanol–water partition coefficient (Wildman–Crippen LogP) is 2.05. The van der Waals surface area contributed by atoms with Crippen LogP contribution in [0.3, 0.4) is 0 Å². The molecule has 92 valence electrons. The SMILES string of the molecule is c1cncc(N2CCCC(NCC3CC3)C2)c1. The first-order valence-electron chi connectivity index (χ1n) is 6.80. The molecule has 0 amide bonds. The highest BCUT2D eigenvalue weighted by Gasteiger charge is 2.24. The summed E-state index contributed by atoms with van der Waals surface area (Å²) in [5, 5.41) is 3.72. The molecule has 1 aromatic rings. The van der Waals surface area contributed by atoms with Crippen LogP contribution in [-0.2, 0) is 0 Å². The molecule has 1 aliphatic carbocycles. The molecule has 1 aromatic heterocycles. The summed E-state index contributed by atoms with van der Waals surface area (Å²) in [5.74, 6) is 0.976. The molecule has 0 radical (unpaired) electrons. The van der Waals surface area contributed by atoms with Crippen LogP contribution in [-0.4, -0.2) is 30.7 Å². The van der Waals surface area contributed by atoms with Gasteiger partial charge in [0.1, 0.15) is 0 Å².